The van der Waals surface area contributed by atoms with E-state index in [1.54, 1.807) is 6.07 Å². The molecule has 0 atom stereocenters. The van der Waals surface area contributed by atoms with E-state index in [0.717, 1.165) is 11.1 Å². The van der Waals surface area contributed by atoms with Crippen molar-refractivity contribution < 1.29 is 13.9 Å². The average Bonchev–Trinajstić information content (AvgIpc) is 2.74. The molecule has 8 heteroatoms. The number of amides is 1. The molecule has 0 unspecified atom stereocenters. The van der Waals surface area contributed by atoms with E-state index in [1.807, 2.05) is 29.2 Å². The van der Waals surface area contributed by atoms with Gasteiger partial charge in [0.05, 0.1) is 13.3 Å². The first kappa shape index (κ1) is 22.0. The number of nitrogens with zero attached hydrogens (tertiary/aromatic N) is 3. The Hall–Kier alpha value is -3.19. The van der Waals surface area contributed by atoms with Gasteiger partial charge >= 0.3 is 0 Å². The summed E-state index contributed by atoms with van der Waals surface area (Å²) in [5.41, 5.74) is 1.63. The number of carbonyl (C=O) groups excluding carboxylic acids is 1. The first-order chi connectivity index (χ1) is 15.3. The number of carbonyl (C=O) groups is 1. The zero-order valence-electron chi connectivity index (χ0n) is 18.1. The zero-order chi connectivity index (χ0) is 22.9. The van der Waals surface area contributed by atoms with E-state index in [1.165, 1.54) is 31.6 Å². The van der Waals surface area contributed by atoms with Crippen LogP contribution < -0.4 is 15.0 Å². The number of rotatable bonds is 6. The van der Waals surface area contributed by atoms with Crippen LogP contribution in [-0.2, 0) is 10.2 Å². The SMILES string of the molecule is COc1cc(Cl)ncc1NC(=O)C1(c2ccccc2C(C)C)CN(c2cc(F)ccn2)C1. The van der Waals surface area contributed by atoms with E-state index in [4.69, 9.17) is 16.3 Å². The Bertz CT molecular complexity index is 1150. The number of hydrogen-bond acceptors (Lipinski definition) is 5. The second kappa shape index (κ2) is 8.74. The van der Waals surface area contributed by atoms with Crippen LogP contribution in [0.25, 0.3) is 0 Å². The maximum atomic E-state index is 13.8. The second-order valence-electron chi connectivity index (χ2n) is 8.17. The van der Waals surface area contributed by atoms with Gasteiger partial charge < -0.3 is 15.0 Å². The molecule has 1 saturated heterocycles. The van der Waals surface area contributed by atoms with Gasteiger partial charge in [0, 0.05) is 31.4 Å². The summed E-state index contributed by atoms with van der Waals surface area (Å²) in [6.45, 7) is 4.92. The van der Waals surface area contributed by atoms with Gasteiger partial charge in [0.25, 0.3) is 0 Å². The molecule has 3 aromatic rings. The first-order valence-corrected chi connectivity index (χ1v) is 10.7. The Morgan fingerprint density at radius 1 is 1.22 bits per heavy atom. The zero-order valence-corrected chi connectivity index (χ0v) is 18.9. The van der Waals surface area contributed by atoms with Crippen LogP contribution in [0.4, 0.5) is 15.9 Å². The highest BCUT2D eigenvalue weighted by molar-refractivity contribution is 6.29. The smallest absolute Gasteiger partial charge is 0.238 e. The maximum Gasteiger partial charge on any atom is 0.238 e. The number of nitrogens with one attached hydrogen (secondary N) is 1. The molecular weight excluding hydrogens is 431 g/mol. The van der Waals surface area contributed by atoms with Crippen molar-refractivity contribution in [3.05, 3.63) is 77.0 Å². The van der Waals surface area contributed by atoms with Crippen LogP contribution in [0.1, 0.15) is 30.9 Å². The summed E-state index contributed by atoms with van der Waals surface area (Å²) in [7, 11) is 1.51. The van der Waals surface area contributed by atoms with E-state index in [2.05, 4.69) is 29.1 Å². The lowest BCUT2D eigenvalue weighted by molar-refractivity contribution is -0.122. The van der Waals surface area contributed by atoms with Crippen molar-refractivity contribution in [2.24, 2.45) is 0 Å². The minimum atomic E-state index is -0.848. The van der Waals surface area contributed by atoms with Crippen molar-refractivity contribution >= 4 is 29.0 Å². The number of anilines is 2. The van der Waals surface area contributed by atoms with Gasteiger partial charge in [0.15, 0.2) is 0 Å². The molecule has 6 nitrogen and oxygen atoms in total. The van der Waals surface area contributed by atoms with Gasteiger partial charge in [-0.1, -0.05) is 49.7 Å². The lowest BCUT2D eigenvalue weighted by atomic mass is 9.69. The number of methoxy groups -OCH3 is 1. The monoisotopic (exact) mass is 454 g/mol. The quantitative estimate of drug-likeness (QED) is 0.542. The molecule has 1 aliphatic rings. The molecule has 0 bridgehead atoms. The van der Waals surface area contributed by atoms with E-state index in [0.29, 0.717) is 30.3 Å². The fourth-order valence-corrected chi connectivity index (χ4v) is 4.27. The third-order valence-electron chi connectivity index (χ3n) is 5.79. The number of ether oxygens (including phenoxy) is 1. The summed E-state index contributed by atoms with van der Waals surface area (Å²) >= 11 is 5.96. The third kappa shape index (κ3) is 4.00. The van der Waals surface area contributed by atoms with E-state index in [9.17, 15) is 9.18 Å². The molecule has 1 fully saturated rings. The van der Waals surface area contributed by atoms with E-state index >= 15 is 0 Å². The summed E-state index contributed by atoms with van der Waals surface area (Å²) in [4.78, 5) is 24.0. The van der Waals surface area contributed by atoms with Crippen molar-refractivity contribution in [3.8, 4) is 5.75 Å². The van der Waals surface area contributed by atoms with Gasteiger partial charge in [0.1, 0.15) is 33.6 Å². The van der Waals surface area contributed by atoms with Gasteiger partial charge in [-0.05, 0) is 23.1 Å². The first-order valence-electron chi connectivity index (χ1n) is 10.3. The molecule has 1 aliphatic heterocycles. The Morgan fingerprint density at radius 3 is 2.66 bits per heavy atom. The molecule has 0 aliphatic carbocycles. The Balaban J connectivity index is 1.72. The summed E-state index contributed by atoms with van der Waals surface area (Å²) < 4.78 is 19.1. The number of halogens is 2. The Morgan fingerprint density at radius 2 is 1.97 bits per heavy atom. The van der Waals surface area contributed by atoms with Gasteiger partial charge in [-0.3, -0.25) is 4.79 Å². The number of pyridine rings is 2. The number of hydrogen-bond donors (Lipinski definition) is 1. The number of benzene rings is 1. The van der Waals surface area contributed by atoms with Crippen LogP contribution in [0.5, 0.6) is 5.75 Å². The van der Waals surface area contributed by atoms with Crippen LogP contribution in [0.15, 0.2) is 54.9 Å². The minimum absolute atomic E-state index is 0.194. The molecule has 4 rings (SSSR count). The fraction of sp³-hybridized carbons (Fsp3) is 0.292. The van der Waals surface area contributed by atoms with Crippen molar-refractivity contribution in [2.45, 2.75) is 25.2 Å². The predicted octanol–water partition coefficient (Wildman–Crippen LogP) is 4.80. The molecule has 0 radical (unpaired) electrons. The van der Waals surface area contributed by atoms with Crippen molar-refractivity contribution in [1.82, 2.24) is 9.97 Å². The molecule has 32 heavy (non-hydrogen) atoms. The van der Waals surface area contributed by atoms with Crippen molar-refractivity contribution in [3.63, 3.8) is 0 Å². The van der Waals surface area contributed by atoms with Crippen molar-refractivity contribution in [2.75, 3.05) is 30.4 Å². The number of aromatic nitrogens is 2. The molecule has 0 spiro atoms. The normalized spacial score (nSPS) is 14.8. The third-order valence-corrected chi connectivity index (χ3v) is 5.99. The highest BCUT2D eigenvalue weighted by Gasteiger charge is 2.52. The van der Waals surface area contributed by atoms with E-state index in [-0.39, 0.29) is 22.8 Å². The molecule has 1 amide bonds. The average molecular weight is 455 g/mol. The lowest BCUT2D eigenvalue weighted by Crippen LogP contribution is -2.65. The molecule has 2 aromatic heterocycles. The molecule has 1 N–H and O–H groups in total. The van der Waals surface area contributed by atoms with E-state index < -0.39 is 5.41 Å². The Labute approximate surface area is 191 Å². The van der Waals surface area contributed by atoms with Crippen LogP contribution in [0.2, 0.25) is 5.15 Å². The largest absolute Gasteiger partial charge is 0.494 e. The van der Waals surface area contributed by atoms with Crippen LogP contribution in [0.3, 0.4) is 0 Å². The highest BCUT2D eigenvalue weighted by atomic mass is 35.5. The van der Waals surface area contributed by atoms with Crippen LogP contribution in [0, 0.1) is 5.82 Å². The lowest BCUT2D eigenvalue weighted by Gasteiger charge is -2.50. The van der Waals surface area contributed by atoms with Gasteiger partial charge in [0.2, 0.25) is 5.91 Å². The van der Waals surface area contributed by atoms with Gasteiger partial charge in [-0.25, -0.2) is 14.4 Å². The molecule has 3 heterocycles. The molecule has 1 aromatic carbocycles. The summed E-state index contributed by atoms with van der Waals surface area (Å²) in [5.74, 6) is 0.593. The molecule has 0 saturated carbocycles. The fourth-order valence-electron chi connectivity index (χ4n) is 4.12. The maximum absolute atomic E-state index is 13.8. The topological polar surface area (TPSA) is 67.3 Å². The van der Waals surface area contributed by atoms with Crippen LogP contribution in [-0.4, -0.2) is 36.1 Å². The summed E-state index contributed by atoms with van der Waals surface area (Å²) in [5, 5.41) is 3.24. The summed E-state index contributed by atoms with van der Waals surface area (Å²) in [6, 6.07) is 12.2. The van der Waals surface area contributed by atoms with Gasteiger partial charge in [-0.2, -0.15) is 0 Å². The Kier molecular flexibility index (Phi) is 6.02. The van der Waals surface area contributed by atoms with Gasteiger partial charge in [-0.15, -0.1) is 0 Å². The predicted molar refractivity (Wildman–Crippen MR) is 123 cm³/mol. The standard InChI is InChI=1S/C24H24ClFN4O2/c1-15(2)17-6-4-5-7-18(17)24(13-30(14-24)22-10-16(26)8-9-27-22)23(31)29-19-12-28-21(25)11-20(19)32-3/h4-12,15H,13-14H2,1-3H3,(H,29,31). The minimum Gasteiger partial charge on any atom is -0.494 e. The molecular formula is C24H24ClFN4O2. The highest BCUT2D eigenvalue weighted by Crippen LogP contribution is 2.42. The molecule has 166 valence electrons. The van der Waals surface area contributed by atoms with Crippen molar-refractivity contribution in [1.29, 1.82) is 0 Å². The van der Waals surface area contributed by atoms with Crippen LogP contribution >= 0.6 is 11.6 Å². The summed E-state index contributed by atoms with van der Waals surface area (Å²) in [6.07, 6.45) is 2.91. The second-order valence-corrected chi connectivity index (χ2v) is 8.56.